The molecule has 3 heteroatoms. The lowest BCUT2D eigenvalue weighted by Gasteiger charge is -2.07. The SMILES string of the molecule is Cc1cnccc1-c1cc(F)ccc1C=O. The third-order valence-corrected chi connectivity index (χ3v) is 2.45. The molecule has 0 N–H and O–H groups in total. The summed E-state index contributed by atoms with van der Waals surface area (Å²) in [5, 5.41) is 0. The molecule has 1 aromatic carbocycles. The van der Waals surface area contributed by atoms with E-state index in [4.69, 9.17) is 0 Å². The molecule has 0 saturated heterocycles. The van der Waals surface area contributed by atoms with Crippen LogP contribution in [0.4, 0.5) is 4.39 Å². The quantitative estimate of drug-likeness (QED) is 0.721. The highest BCUT2D eigenvalue weighted by molar-refractivity contribution is 5.88. The van der Waals surface area contributed by atoms with Gasteiger partial charge in [0.15, 0.2) is 6.29 Å². The van der Waals surface area contributed by atoms with Crippen LogP contribution in [0.3, 0.4) is 0 Å². The third-order valence-electron chi connectivity index (χ3n) is 2.45. The molecule has 0 aliphatic carbocycles. The lowest BCUT2D eigenvalue weighted by atomic mass is 9.98. The van der Waals surface area contributed by atoms with Crippen molar-refractivity contribution in [2.75, 3.05) is 0 Å². The number of pyridine rings is 1. The average Bonchev–Trinajstić information content (AvgIpc) is 2.29. The van der Waals surface area contributed by atoms with Gasteiger partial charge in [0.1, 0.15) is 5.82 Å². The minimum Gasteiger partial charge on any atom is -0.298 e. The molecule has 0 aliphatic rings. The molecule has 0 amide bonds. The van der Waals surface area contributed by atoms with E-state index in [-0.39, 0.29) is 5.82 Å². The van der Waals surface area contributed by atoms with E-state index in [1.54, 1.807) is 18.5 Å². The first-order valence-electron chi connectivity index (χ1n) is 4.88. The molecule has 0 spiro atoms. The number of aldehydes is 1. The number of hydrogen-bond donors (Lipinski definition) is 0. The molecule has 0 fully saturated rings. The van der Waals surface area contributed by atoms with Gasteiger partial charge >= 0.3 is 0 Å². The summed E-state index contributed by atoms with van der Waals surface area (Å²) in [6.45, 7) is 1.88. The summed E-state index contributed by atoms with van der Waals surface area (Å²) >= 11 is 0. The van der Waals surface area contributed by atoms with Gasteiger partial charge in [0.05, 0.1) is 0 Å². The van der Waals surface area contributed by atoms with E-state index < -0.39 is 0 Å². The van der Waals surface area contributed by atoms with Crippen LogP contribution >= 0.6 is 0 Å². The minimum atomic E-state index is -0.350. The van der Waals surface area contributed by atoms with Crippen molar-refractivity contribution < 1.29 is 9.18 Å². The van der Waals surface area contributed by atoms with E-state index in [9.17, 15) is 9.18 Å². The second-order valence-corrected chi connectivity index (χ2v) is 3.54. The molecule has 2 aromatic rings. The summed E-state index contributed by atoms with van der Waals surface area (Å²) in [7, 11) is 0. The van der Waals surface area contributed by atoms with E-state index in [1.165, 1.54) is 18.2 Å². The zero-order valence-electron chi connectivity index (χ0n) is 8.77. The number of aromatic nitrogens is 1. The second kappa shape index (κ2) is 4.23. The molecule has 16 heavy (non-hydrogen) atoms. The monoisotopic (exact) mass is 215 g/mol. The molecule has 0 aliphatic heterocycles. The first-order valence-corrected chi connectivity index (χ1v) is 4.88. The third kappa shape index (κ3) is 1.84. The maximum atomic E-state index is 13.2. The van der Waals surface area contributed by atoms with Crippen LogP contribution in [0, 0.1) is 12.7 Å². The van der Waals surface area contributed by atoms with Gasteiger partial charge in [-0.3, -0.25) is 9.78 Å². The molecule has 0 atom stereocenters. The maximum Gasteiger partial charge on any atom is 0.150 e. The topological polar surface area (TPSA) is 30.0 Å². The Morgan fingerprint density at radius 3 is 2.75 bits per heavy atom. The van der Waals surface area contributed by atoms with E-state index in [2.05, 4.69) is 4.98 Å². The van der Waals surface area contributed by atoms with Crippen molar-refractivity contribution in [3.8, 4) is 11.1 Å². The Hall–Kier alpha value is -2.03. The zero-order valence-corrected chi connectivity index (χ0v) is 8.77. The number of hydrogen-bond acceptors (Lipinski definition) is 2. The summed E-state index contributed by atoms with van der Waals surface area (Å²) in [5.74, 6) is -0.350. The summed E-state index contributed by atoms with van der Waals surface area (Å²) in [5.41, 5.74) is 2.83. The van der Waals surface area contributed by atoms with Crippen LogP contribution in [-0.4, -0.2) is 11.3 Å². The highest BCUT2D eigenvalue weighted by atomic mass is 19.1. The Bertz CT molecular complexity index is 537. The lowest BCUT2D eigenvalue weighted by Crippen LogP contribution is -1.92. The van der Waals surface area contributed by atoms with Gasteiger partial charge in [-0.25, -0.2) is 4.39 Å². The zero-order chi connectivity index (χ0) is 11.5. The van der Waals surface area contributed by atoms with Crippen LogP contribution < -0.4 is 0 Å². The number of carbonyl (C=O) groups excluding carboxylic acids is 1. The molecule has 80 valence electrons. The van der Waals surface area contributed by atoms with Crippen molar-refractivity contribution in [3.05, 3.63) is 53.6 Å². The average molecular weight is 215 g/mol. The van der Waals surface area contributed by atoms with Gasteiger partial charge in [0, 0.05) is 18.0 Å². The van der Waals surface area contributed by atoms with Crippen molar-refractivity contribution >= 4 is 6.29 Å². The van der Waals surface area contributed by atoms with Crippen LogP contribution in [0.5, 0.6) is 0 Å². The van der Waals surface area contributed by atoms with Gasteiger partial charge in [0.2, 0.25) is 0 Å². The first-order chi connectivity index (χ1) is 7.72. The second-order valence-electron chi connectivity index (χ2n) is 3.54. The largest absolute Gasteiger partial charge is 0.298 e. The molecule has 0 radical (unpaired) electrons. The summed E-state index contributed by atoms with van der Waals surface area (Å²) in [6, 6.07) is 5.91. The van der Waals surface area contributed by atoms with Crippen LogP contribution in [0.25, 0.3) is 11.1 Å². The number of carbonyl (C=O) groups is 1. The molecular weight excluding hydrogens is 205 g/mol. The predicted octanol–water partition coefficient (Wildman–Crippen LogP) is 3.01. The maximum absolute atomic E-state index is 13.2. The van der Waals surface area contributed by atoms with Crippen LogP contribution in [-0.2, 0) is 0 Å². The summed E-state index contributed by atoms with van der Waals surface area (Å²) < 4.78 is 13.2. The summed E-state index contributed by atoms with van der Waals surface area (Å²) in [6.07, 6.45) is 4.05. The van der Waals surface area contributed by atoms with Gasteiger partial charge < -0.3 is 0 Å². The van der Waals surface area contributed by atoms with Crippen LogP contribution in [0.15, 0.2) is 36.7 Å². The molecule has 2 rings (SSSR count). The van der Waals surface area contributed by atoms with Crippen molar-refractivity contribution in [3.63, 3.8) is 0 Å². The number of halogens is 1. The normalized spacial score (nSPS) is 10.1. The Balaban J connectivity index is 2.67. The van der Waals surface area contributed by atoms with Crippen LogP contribution in [0.2, 0.25) is 0 Å². The number of rotatable bonds is 2. The Morgan fingerprint density at radius 1 is 1.25 bits per heavy atom. The molecule has 1 heterocycles. The van der Waals surface area contributed by atoms with Crippen LogP contribution in [0.1, 0.15) is 15.9 Å². The molecule has 0 unspecified atom stereocenters. The van der Waals surface area contributed by atoms with E-state index in [0.29, 0.717) is 11.1 Å². The highest BCUT2D eigenvalue weighted by Crippen LogP contribution is 2.26. The first kappa shape index (κ1) is 10.5. The fourth-order valence-corrected chi connectivity index (χ4v) is 1.64. The van der Waals surface area contributed by atoms with Crippen molar-refractivity contribution in [2.45, 2.75) is 6.92 Å². The number of benzene rings is 1. The van der Waals surface area contributed by atoms with Crippen molar-refractivity contribution in [1.29, 1.82) is 0 Å². The lowest BCUT2D eigenvalue weighted by molar-refractivity contribution is 0.112. The molecule has 0 saturated carbocycles. The highest BCUT2D eigenvalue weighted by Gasteiger charge is 2.08. The van der Waals surface area contributed by atoms with Gasteiger partial charge in [0.25, 0.3) is 0 Å². The van der Waals surface area contributed by atoms with Gasteiger partial charge in [-0.1, -0.05) is 0 Å². The van der Waals surface area contributed by atoms with E-state index >= 15 is 0 Å². The fraction of sp³-hybridized carbons (Fsp3) is 0.0769. The smallest absolute Gasteiger partial charge is 0.150 e. The van der Waals surface area contributed by atoms with E-state index in [1.807, 2.05) is 6.92 Å². The number of nitrogens with zero attached hydrogens (tertiary/aromatic N) is 1. The van der Waals surface area contributed by atoms with Gasteiger partial charge in [-0.15, -0.1) is 0 Å². The molecule has 2 nitrogen and oxygen atoms in total. The number of aryl methyl sites for hydroxylation is 1. The van der Waals surface area contributed by atoms with Gasteiger partial charge in [-0.2, -0.15) is 0 Å². The summed E-state index contributed by atoms with van der Waals surface area (Å²) in [4.78, 5) is 14.9. The fourth-order valence-electron chi connectivity index (χ4n) is 1.64. The molecule has 0 bridgehead atoms. The molecular formula is C13H10FNO. The molecule has 1 aromatic heterocycles. The van der Waals surface area contributed by atoms with E-state index in [0.717, 1.165) is 17.4 Å². The Kier molecular flexibility index (Phi) is 2.77. The minimum absolute atomic E-state index is 0.350. The standard InChI is InChI=1S/C13H10FNO/c1-9-7-15-5-4-12(9)13-6-11(14)3-2-10(13)8-16/h2-8H,1H3. The predicted molar refractivity (Wildman–Crippen MR) is 59.8 cm³/mol. The Labute approximate surface area is 92.8 Å². The van der Waals surface area contributed by atoms with Crippen molar-refractivity contribution in [1.82, 2.24) is 4.98 Å². The van der Waals surface area contributed by atoms with Gasteiger partial charge in [-0.05, 0) is 47.9 Å². The van der Waals surface area contributed by atoms with Crippen molar-refractivity contribution in [2.24, 2.45) is 0 Å². The Morgan fingerprint density at radius 2 is 2.06 bits per heavy atom.